The summed E-state index contributed by atoms with van der Waals surface area (Å²) in [6, 6.07) is 0.892. The lowest BCUT2D eigenvalue weighted by molar-refractivity contribution is 0.0694. The van der Waals surface area contributed by atoms with E-state index in [0.717, 1.165) is 17.3 Å². The number of aromatic carboxylic acids is 1. The van der Waals surface area contributed by atoms with Gasteiger partial charge in [0.15, 0.2) is 17.4 Å². The van der Waals surface area contributed by atoms with Gasteiger partial charge < -0.3 is 25.0 Å². The van der Waals surface area contributed by atoms with Crippen LogP contribution in [-0.2, 0) is 20.1 Å². The van der Waals surface area contributed by atoms with E-state index < -0.39 is 22.8 Å². The van der Waals surface area contributed by atoms with Crippen LogP contribution in [0.4, 0.5) is 15.9 Å². The van der Waals surface area contributed by atoms with Crippen LogP contribution in [0.5, 0.6) is 5.75 Å². The minimum absolute atomic E-state index is 0.00871. The second kappa shape index (κ2) is 5.72. The molecular formula is C19H18FN5O4. The lowest BCUT2D eigenvalue weighted by atomic mass is 10.1. The number of rotatable bonds is 2. The first-order chi connectivity index (χ1) is 13.8. The standard InChI is InChI=1S/C19H18FN5O4/c1-8-7-29-17-14-9(16(26)11(19(27)28)5-25(8)14)3-12(20)15(17)24-4-10-13(6-24)23(2)22-18(10)21/h3,5,8H,4,6-7H2,1-2H3,(H2,21,22)(H,27,28)/t8-/m0/s1. The summed E-state index contributed by atoms with van der Waals surface area (Å²) >= 11 is 0. The van der Waals surface area contributed by atoms with Gasteiger partial charge in [-0.1, -0.05) is 0 Å². The van der Waals surface area contributed by atoms with E-state index in [9.17, 15) is 14.7 Å². The summed E-state index contributed by atoms with van der Waals surface area (Å²) in [6.07, 6.45) is 1.31. The summed E-state index contributed by atoms with van der Waals surface area (Å²) < 4.78 is 24.5. The number of anilines is 2. The van der Waals surface area contributed by atoms with Crippen LogP contribution in [0.3, 0.4) is 0 Å². The minimum Gasteiger partial charge on any atom is -0.487 e. The fourth-order valence-electron chi connectivity index (χ4n) is 4.24. The maximum Gasteiger partial charge on any atom is 0.341 e. The number of fused-ring (bicyclic) bond motifs is 1. The van der Waals surface area contributed by atoms with Crippen molar-refractivity contribution in [2.45, 2.75) is 26.1 Å². The zero-order valence-electron chi connectivity index (χ0n) is 15.8. The molecule has 2 aliphatic heterocycles. The number of nitrogens with zero attached hydrogens (tertiary/aromatic N) is 4. The van der Waals surface area contributed by atoms with E-state index in [4.69, 9.17) is 10.5 Å². The molecule has 9 nitrogen and oxygen atoms in total. The summed E-state index contributed by atoms with van der Waals surface area (Å²) in [7, 11) is 1.78. The highest BCUT2D eigenvalue weighted by atomic mass is 19.1. The Bertz CT molecular complexity index is 1250. The van der Waals surface area contributed by atoms with Crippen LogP contribution in [0.15, 0.2) is 17.1 Å². The van der Waals surface area contributed by atoms with Crippen molar-refractivity contribution < 1.29 is 19.0 Å². The summed E-state index contributed by atoms with van der Waals surface area (Å²) in [5, 5.41) is 13.6. The predicted octanol–water partition coefficient (Wildman–Crippen LogP) is 1.63. The predicted molar refractivity (Wildman–Crippen MR) is 103 cm³/mol. The lowest BCUT2D eigenvalue weighted by Crippen LogP contribution is -2.28. The van der Waals surface area contributed by atoms with Gasteiger partial charge in [0.1, 0.15) is 17.9 Å². The van der Waals surface area contributed by atoms with Gasteiger partial charge in [0.05, 0.1) is 29.2 Å². The van der Waals surface area contributed by atoms with Crippen LogP contribution in [0.2, 0.25) is 0 Å². The van der Waals surface area contributed by atoms with Crippen LogP contribution < -0.4 is 20.8 Å². The number of carbonyl (C=O) groups is 1. The molecule has 2 aromatic heterocycles. The summed E-state index contributed by atoms with van der Waals surface area (Å²) in [5.74, 6) is -1.35. The molecule has 1 atom stereocenters. The van der Waals surface area contributed by atoms with E-state index in [0.29, 0.717) is 24.4 Å². The molecule has 0 radical (unpaired) electrons. The number of pyridine rings is 1. The largest absolute Gasteiger partial charge is 0.487 e. The van der Waals surface area contributed by atoms with Gasteiger partial charge in [-0.25, -0.2) is 9.18 Å². The van der Waals surface area contributed by atoms with E-state index in [1.165, 1.54) is 6.20 Å². The second-order valence-corrected chi connectivity index (χ2v) is 7.47. The molecule has 10 heteroatoms. The van der Waals surface area contributed by atoms with Gasteiger partial charge in [-0.05, 0) is 13.0 Å². The fraction of sp³-hybridized carbons (Fsp3) is 0.316. The molecule has 4 heterocycles. The zero-order valence-corrected chi connectivity index (χ0v) is 15.8. The lowest BCUT2D eigenvalue weighted by Gasteiger charge is -2.31. The van der Waals surface area contributed by atoms with E-state index in [2.05, 4.69) is 5.10 Å². The van der Waals surface area contributed by atoms with E-state index in [1.807, 2.05) is 6.92 Å². The molecule has 0 unspecified atom stereocenters. The third-order valence-electron chi connectivity index (χ3n) is 5.68. The highest BCUT2D eigenvalue weighted by Gasteiger charge is 2.34. The molecule has 150 valence electrons. The Balaban J connectivity index is 1.77. The van der Waals surface area contributed by atoms with Crippen molar-refractivity contribution in [3.05, 3.63) is 45.1 Å². The summed E-state index contributed by atoms with van der Waals surface area (Å²) in [6.45, 7) is 2.83. The van der Waals surface area contributed by atoms with Gasteiger partial charge in [0, 0.05) is 25.4 Å². The SMILES string of the molecule is C[C@H]1COc2c(N3Cc4c(N)nn(C)c4C3)c(F)cc3c(=O)c(C(=O)O)cn1c23. The van der Waals surface area contributed by atoms with Crippen molar-refractivity contribution in [2.24, 2.45) is 7.05 Å². The summed E-state index contributed by atoms with van der Waals surface area (Å²) in [5.41, 5.74) is 7.20. The number of benzene rings is 1. The minimum atomic E-state index is -1.34. The second-order valence-electron chi connectivity index (χ2n) is 7.47. The van der Waals surface area contributed by atoms with Gasteiger partial charge in [0.25, 0.3) is 0 Å². The molecule has 3 aromatic rings. The number of nitrogens with two attached hydrogens (primary N) is 1. The zero-order chi connectivity index (χ0) is 20.6. The Morgan fingerprint density at radius 2 is 2.17 bits per heavy atom. The Labute approximate surface area is 163 Å². The normalized spacial score (nSPS) is 17.5. The molecule has 3 N–H and O–H groups in total. The molecule has 0 saturated carbocycles. The number of halogens is 1. The van der Waals surface area contributed by atoms with Crippen LogP contribution >= 0.6 is 0 Å². The first-order valence-electron chi connectivity index (χ1n) is 9.10. The number of carboxylic acid groups (broad SMARTS) is 1. The number of nitrogen functional groups attached to an aromatic ring is 1. The highest BCUT2D eigenvalue weighted by Crippen LogP contribution is 2.44. The molecule has 29 heavy (non-hydrogen) atoms. The Hall–Kier alpha value is -3.56. The number of ether oxygens (including phenoxy) is 1. The molecule has 2 aliphatic rings. The molecule has 0 bridgehead atoms. The van der Waals surface area contributed by atoms with Crippen molar-refractivity contribution in [3.8, 4) is 5.75 Å². The van der Waals surface area contributed by atoms with E-state index >= 15 is 4.39 Å². The smallest absolute Gasteiger partial charge is 0.341 e. The van der Waals surface area contributed by atoms with Crippen LogP contribution in [0.1, 0.15) is 34.6 Å². The molecule has 5 rings (SSSR count). The first-order valence-corrected chi connectivity index (χ1v) is 9.10. The number of hydrogen-bond acceptors (Lipinski definition) is 6. The van der Waals surface area contributed by atoms with Gasteiger partial charge in [-0.2, -0.15) is 5.10 Å². The van der Waals surface area contributed by atoms with Crippen LogP contribution in [-0.4, -0.2) is 32.0 Å². The van der Waals surface area contributed by atoms with Gasteiger partial charge in [-0.3, -0.25) is 9.48 Å². The average Bonchev–Trinajstić information content (AvgIpc) is 3.20. The monoisotopic (exact) mass is 399 g/mol. The first kappa shape index (κ1) is 17.5. The number of hydrogen-bond donors (Lipinski definition) is 2. The van der Waals surface area contributed by atoms with Crippen molar-refractivity contribution in [3.63, 3.8) is 0 Å². The number of aryl methyl sites for hydroxylation is 1. The third kappa shape index (κ3) is 2.28. The summed E-state index contributed by atoms with van der Waals surface area (Å²) in [4.78, 5) is 26.0. The molecule has 0 saturated heterocycles. The third-order valence-corrected chi connectivity index (χ3v) is 5.68. The maximum absolute atomic E-state index is 15.2. The fourth-order valence-corrected chi connectivity index (χ4v) is 4.24. The quantitative estimate of drug-likeness (QED) is 0.673. The van der Waals surface area contributed by atoms with E-state index in [1.54, 1.807) is 21.2 Å². The van der Waals surface area contributed by atoms with Crippen molar-refractivity contribution >= 4 is 28.4 Å². The highest BCUT2D eigenvalue weighted by molar-refractivity contribution is 5.97. The molecule has 0 spiro atoms. The van der Waals surface area contributed by atoms with Crippen LogP contribution in [0, 0.1) is 5.82 Å². The Morgan fingerprint density at radius 3 is 2.86 bits per heavy atom. The molecule has 1 aromatic carbocycles. The van der Waals surface area contributed by atoms with Crippen LogP contribution in [0.25, 0.3) is 10.9 Å². The van der Waals surface area contributed by atoms with Gasteiger partial charge in [0.2, 0.25) is 5.43 Å². The molecule has 0 fully saturated rings. The topological polar surface area (TPSA) is 116 Å². The van der Waals surface area contributed by atoms with E-state index in [-0.39, 0.29) is 29.5 Å². The molecule has 0 aliphatic carbocycles. The Kier molecular flexibility index (Phi) is 3.46. The molecule has 0 amide bonds. The molecular weight excluding hydrogens is 381 g/mol. The van der Waals surface area contributed by atoms with Crippen molar-refractivity contribution in [1.82, 2.24) is 14.3 Å². The van der Waals surface area contributed by atoms with Crippen molar-refractivity contribution in [2.75, 3.05) is 17.2 Å². The average molecular weight is 399 g/mol. The number of carboxylic acids is 1. The Morgan fingerprint density at radius 1 is 1.41 bits per heavy atom. The maximum atomic E-state index is 15.2. The number of aromatic nitrogens is 3. The van der Waals surface area contributed by atoms with Gasteiger partial charge in [-0.15, -0.1) is 0 Å². The van der Waals surface area contributed by atoms with Crippen molar-refractivity contribution in [1.29, 1.82) is 0 Å². The van der Waals surface area contributed by atoms with Gasteiger partial charge >= 0.3 is 5.97 Å².